The van der Waals surface area contributed by atoms with Crippen LogP contribution >= 0.6 is 0 Å². The molecule has 0 unspecified atom stereocenters. The quantitative estimate of drug-likeness (QED) is 0.122. The molecule has 1 fully saturated rings. The van der Waals surface area contributed by atoms with Crippen molar-refractivity contribution in [1.29, 1.82) is 0 Å². The van der Waals surface area contributed by atoms with Crippen molar-refractivity contribution in [3.63, 3.8) is 0 Å². The summed E-state index contributed by atoms with van der Waals surface area (Å²) in [4.78, 5) is 15.4. The number of nitrogens with zero attached hydrogens (tertiary/aromatic N) is 3. The summed E-state index contributed by atoms with van der Waals surface area (Å²) in [6, 6.07) is 23.2. The highest BCUT2D eigenvalue weighted by atomic mass is 32.2. The normalized spacial score (nSPS) is 20.0. The summed E-state index contributed by atoms with van der Waals surface area (Å²) in [6.45, 7) is 6.56. The molecule has 0 spiro atoms. The number of nitro groups is 1. The monoisotopic (exact) mass is 595 g/mol. The van der Waals surface area contributed by atoms with Crippen LogP contribution in [0.3, 0.4) is 0 Å². The number of ether oxygens (including phenoxy) is 1. The standard InChI is InChI=1S/C29H33N3O7SSi/c1-29(2,3)41(21-11-7-5-8-12-21,22-13-9-6-10-14-22)37-20-26-25(39-40(4,35)36)19-27(38-26)31-18-16-23-24(32(33)34)15-17-30-28(23)31/h5-18,25-27H,19-20H2,1-4H3/t25-,26+,27+/m0/s1. The van der Waals surface area contributed by atoms with Gasteiger partial charge < -0.3 is 13.7 Å². The third kappa shape index (κ3) is 5.70. The lowest BCUT2D eigenvalue weighted by atomic mass is 10.2. The van der Waals surface area contributed by atoms with Gasteiger partial charge in [-0.15, -0.1) is 0 Å². The van der Waals surface area contributed by atoms with Crippen molar-refractivity contribution >= 4 is 45.5 Å². The van der Waals surface area contributed by atoms with Gasteiger partial charge in [-0.05, 0) is 21.5 Å². The second-order valence-corrected chi connectivity index (χ2v) is 17.1. The van der Waals surface area contributed by atoms with Gasteiger partial charge >= 0.3 is 0 Å². The van der Waals surface area contributed by atoms with Crippen molar-refractivity contribution in [2.24, 2.45) is 0 Å². The minimum Gasteiger partial charge on any atom is -0.405 e. The number of hydrogen-bond acceptors (Lipinski definition) is 8. The highest BCUT2D eigenvalue weighted by Gasteiger charge is 2.51. The maximum atomic E-state index is 12.3. The van der Waals surface area contributed by atoms with Crippen LogP contribution in [0.5, 0.6) is 0 Å². The summed E-state index contributed by atoms with van der Waals surface area (Å²) in [5, 5.41) is 13.8. The fourth-order valence-electron chi connectivity index (χ4n) is 5.75. The average Bonchev–Trinajstić information content (AvgIpc) is 3.52. The van der Waals surface area contributed by atoms with E-state index in [4.69, 9.17) is 13.3 Å². The lowest BCUT2D eigenvalue weighted by Gasteiger charge is -2.43. The first-order valence-corrected chi connectivity index (χ1v) is 17.0. The maximum Gasteiger partial charge on any atom is 0.281 e. The van der Waals surface area contributed by atoms with E-state index in [1.165, 1.54) is 12.3 Å². The molecule has 4 aromatic rings. The minimum absolute atomic E-state index is 0.0674. The summed E-state index contributed by atoms with van der Waals surface area (Å²) in [6.07, 6.45) is 2.02. The van der Waals surface area contributed by atoms with E-state index in [0.717, 1.165) is 16.6 Å². The Bertz CT molecular complexity index is 1600. The van der Waals surface area contributed by atoms with Crippen LogP contribution in [0.2, 0.25) is 5.04 Å². The van der Waals surface area contributed by atoms with Crippen molar-refractivity contribution in [3.05, 3.63) is 95.3 Å². The Hall–Kier alpha value is -3.42. The zero-order chi connectivity index (χ0) is 29.4. The molecule has 216 valence electrons. The van der Waals surface area contributed by atoms with Gasteiger partial charge in [-0.25, -0.2) is 4.98 Å². The second kappa shape index (κ2) is 11.1. The predicted molar refractivity (Wildman–Crippen MR) is 158 cm³/mol. The van der Waals surface area contributed by atoms with E-state index < -0.39 is 41.8 Å². The van der Waals surface area contributed by atoms with Gasteiger partial charge in [-0.1, -0.05) is 81.4 Å². The van der Waals surface area contributed by atoms with E-state index in [9.17, 15) is 18.5 Å². The number of rotatable bonds is 9. The van der Waals surface area contributed by atoms with Crippen molar-refractivity contribution in [2.45, 2.75) is 50.7 Å². The van der Waals surface area contributed by atoms with Gasteiger partial charge in [0.1, 0.15) is 24.1 Å². The molecular weight excluding hydrogens is 562 g/mol. The zero-order valence-corrected chi connectivity index (χ0v) is 25.2. The van der Waals surface area contributed by atoms with Crippen LogP contribution < -0.4 is 10.4 Å². The Balaban J connectivity index is 1.52. The number of pyridine rings is 1. The zero-order valence-electron chi connectivity index (χ0n) is 23.3. The molecule has 0 saturated carbocycles. The van der Waals surface area contributed by atoms with E-state index in [-0.39, 0.29) is 23.8 Å². The van der Waals surface area contributed by atoms with Crippen LogP contribution in [0.4, 0.5) is 5.69 Å². The molecule has 10 nitrogen and oxygen atoms in total. The molecule has 0 aliphatic carbocycles. The first-order valence-electron chi connectivity index (χ1n) is 13.3. The topological polar surface area (TPSA) is 123 Å². The van der Waals surface area contributed by atoms with Gasteiger partial charge in [0.05, 0.1) is 23.2 Å². The van der Waals surface area contributed by atoms with Crippen LogP contribution in [0, 0.1) is 10.1 Å². The fourth-order valence-corrected chi connectivity index (χ4v) is 11.0. The molecule has 41 heavy (non-hydrogen) atoms. The molecular formula is C29H33N3O7SSi. The molecule has 2 aromatic heterocycles. The van der Waals surface area contributed by atoms with Crippen LogP contribution in [0.25, 0.3) is 11.0 Å². The summed E-state index contributed by atoms with van der Waals surface area (Å²) in [5.41, 5.74) is 0.304. The van der Waals surface area contributed by atoms with E-state index in [1.54, 1.807) is 16.8 Å². The predicted octanol–water partition coefficient (Wildman–Crippen LogP) is 4.15. The molecule has 0 N–H and O–H groups in total. The number of fused-ring (bicyclic) bond motifs is 1. The SMILES string of the molecule is CC(C)(C)[Si](OC[C@H]1O[C@@H](n2ccc3c([N+](=O)[O-])ccnc32)C[C@@H]1OS(C)(=O)=O)(c1ccccc1)c1ccccc1. The Morgan fingerprint density at radius 3 is 2.20 bits per heavy atom. The number of aromatic nitrogens is 2. The summed E-state index contributed by atoms with van der Waals surface area (Å²) >= 11 is 0. The molecule has 3 heterocycles. The van der Waals surface area contributed by atoms with E-state index >= 15 is 0 Å². The lowest BCUT2D eigenvalue weighted by molar-refractivity contribution is -0.383. The smallest absolute Gasteiger partial charge is 0.281 e. The van der Waals surface area contributed by atoms with Gasteiger partial charge in [-0.3, -0.25) is 14.3 Å². The maximum absolute atomic E-state index is 12.3. The Morgan fingerprint density at radius 1 is 1.05 bits per heavy atom. The largest absolute Gasteiger partial charge is 0.405 e. The van der Waals surface area contributed by atoms with Gasteiger partial charge in [0.2, 0.25) is 0 Å². The fraction of sp³-hybridized carbons (Fsp3) is 0.345. The highest BCUT2D eigenvalue weighted by Crippen LogP contribution is 2.39. The van der Waals surface area contributed by atoms with E-state index in [1.807, 2.05) is 36.4 Å². The first kappa shape index (κ1) is 29.1. The Kier molecular flexibility index (Phi) is 7.87. The van der Waals surface area contributed by atoms with Gasteiger partial charge in [0, 0.05) is 24.9 Å². The van der Waals surface area contributed by atoms with E-state index in [0.29, 0.717) is 11.0 Å². The van der Waals surface area contributed by atoms with Crippen molar-refractivity contribution in [3.8, 4) is 0 Å². The highest BCUT2D eigenvalue weighted by molar-refractivity contribution is 7.86. The Morgan fingerprint density at radius 2 is 1.66 bits per heavy atom. The third-order valence-corrected chi connectivity index (χ3v) is 13.1. The van der Waals surface area contributed by atoms with Gasteiger partial charge in [-0.2, -0.15) is 8.42 Å². The minimum atomic E-state index is -3.82. The van der Waals surface area contributed by atoms with Gasteiger partial charge in [0.25, 0.3) is 24.1 Å². The molecule has 0 bridgehead atoms. The molecule has 0 radical (unpaired) electrons. The second-order valence-electron chi connectivity index (χ2n) is 11.2. The molecule has 3 atom stereocenters. The molecule has 1 aliphatic rings. The van der Waals surface area contributed by atoms with Crippen LogP contribution in [0.1, 0.15) is 33.4 Å². The summed E-state index contributed by atoms with van der Waals surface area (Å²) < 4.78 is 45.2. The van der Waals surface area contributed by atoms with E-state index in [2.05, 4.69) is 50.0 Å². The lowest BCUT2D eigenvalue weighted by Crippen LogP contribution is -2.67. The summed E-state index contributed by atoms with van der Waals surface area (Å²) in [7, 11) is -6.75. The average molecular weight is 596 g/mol. The molecule has 12 heteroatoms. The van der Waals surface area contributed by atoms with Crippen molar-refractivity contribution in [2.75, 3.05) is 12.9 Å². The van der Waals surface area contributed by atoms with Crippen LogP contribution in [-0.4, -0.2) is 56.3 Å². The van der Waals surface area contributed by atoms with Crippen LogP contribution in [-0.2, 0) is 23.5 Å². The molecule has 1 aliphatic heterocycles. The van der Waals surface area contributed by atoms with Crippen molar-refractivity contribution < 1.29 is 26.7 Å². The molecule has 2 aromatic carbocycles. The van der Waals surface area contributed by atoms with Gasteiger partial charge in [0.15, 0.2) is 0 Å². The molecule has 0 amide bonds. The Labute approximate surface area is 240 Å². The first-order chi connectivity index (χ1) is 19.4. The third-order valence-electron chi connectivity index (χ3n) is 7.46. The number of hydrogen-bond donors (Lipinski definition) is 0. The number of benzene rings is 2. The van der Waals surface area contributed by atoms with Crippen molar-refractivity contribution in [1.82, 2.24) is 9.55 Å². The summed E-state index contributed by atoms with van der Waals surface area (Å²) in [5.74, 6) is 0. The molecule has 1 saturated heterocycles. The van der Waals surface area contributed by atoms with Crippen LogP contribution in [0.15, 0.2) is 85.2 Å². The molecule has 5 rings (SSSR count).